The smallest absolute Gasteiger partial charge is 0.337 e. The minimum absolute atomic E-state index is 0.249. The predicted octanol–water partition coefficient (Wildman–Crippen LogP) is 3.10. The largest absolute Gasteiger partial charge is 0.488 e. The van der Waals surface area contributed by atoms with E-state index in [4.69, 9.17) is 9.47 Å². The van der Waals surface area contributed by atoms with Gasteiger partial charge in [0.2, 0.25) is 5.13 Å². The van der Waals surface area contributed by atoms with Gasteiger partial charge in [0.1, 0.15) is 16.9 Å². The second-order valence-corrected chi connectivity index (χ2v) is 9.20. The molecule has 1 aromatic heterocycles. The van der Waals surface area contributed by atoms with E-state index in [0.717, 1.165) is 36.1 Å². The fourth-order valence-corrected chi connectivity index (χ4v) is 5.09. The molecule has 1 aromatic carbocycles. The van der Waals surface area contributed by atoms with Gasteiger partial charge >= 0.3 is 5.97 Å². The second kappa shape index (κ2) is 8.28. The zero-order chi connectivity index (χ0) is 20.5. The molecule has 2 aliphatic rings. The first-order valence-corrected chi connectivity index (χ1v) is 10.9. The Labute approximate surface area is 174 Å². The molecule has 2 fully saturated rings. The molecule has 29 heavy (non-hydrogen) atoms. The van der Waals surface area contributed by atoms with Gasteiger partial charge in [-0.3, -0.25) is 0 Å². The van der Waals surface area contributed by atoms with E-state index in [2.05, 4.69) is 28.9 Å². The molecule has 0 amide bonds. The number of anilines is 1. The zero-order valence-corrected chi connectivity index (χ0v) is 17.8. The number of carbonyl (C=O) groups excluding carboxylic acids is 1. The van der Waals surface area contributed by atoms with Crippen LogP contribution >= 0.6 is 11.3 Å². The lowest BCUT2D eigenvalue weighted by Crippen LogP contribution is -2.42. The third kappa shape index (κ3) is 4.23. The lowest BCUT2D eigenvalue weighted by molar-refractivity contribution is -0.0231. The highest BCUT2D eigenvalue weighted by Gasteiger charge is 2.43. The number of aliphatic hydroxyl groups is 1. The van der Waals surface area contributed by atoms with E-state index in [0.29, 0.717) is 29.1 Å². The summed E-state index contributed by atoms with van der Waals surface area (Å²) >= 11 is 1.67. The fraction of sp³-hybridized carbons (Fsp3) is 0.571. The number of nitrogens with zero attached hydrogens (tertiary/aromatic N) is 3. The second-order valence-electron chi connectivity index (χ2n) is 8.21. The van der Waals surface area contributed by atoms with Crippen LogP contribution in [0.15, 0.2) is 24.3 Å². The highest BCUT2D eigenvalue weighted by atomic mass is 32.1. The Hall–Kier alpha value is -2.19. The Bertz CT molecular complexity index is 854. The van der Waals surface area contributed by atoms with Gasteiger partial charge in [-0.15, -0.1) is 10.2 Å². The van der Waals surface area contributed by atoms with E-state index >= 15 is 0 Å². The molecule has 7 nitrogen and oxygen atoms in total. The van der Waals surface area contributed by atoms with Gasteiger partial charge in [0.15, 0.2) is 0 Å². The van der Waals surface area contributed by atoms with Crippen molar-refractivity contribution in [1.29, 1.82) is 0 Å². The average Bonchev–Trinajstić information content (AvgIpc) is 3.35. The number of hydrogen-bond donors (Lipinski definition) is 1. The van der Waals surface area contributed by atoms with Crippen LogP contribution in [-0.4, -0.2) is 53.7 Å². The Morgan fingerprint density at radius 3 is 2.48 bits per heavy atom. The van der Waals surface area contributed by atoms with Crippen molar-refractivity contribution in [1.82, 2.24) is 10.2 Å². The van der Waals surface area contributed by atoms with Gasteiger partial charge in [-0.05, 0) is 48.9 Å². The van der Waals surface area contributed by atoms with Crippen LogP contribution in [0.2, 0.25) is 0 Å². The van der Waals surface area contributed by atoms with Gasteiger partial charge in [-0.2, -0.15) is 0 Å². The normalized spacial score (nSPS) is 26.4. The summed E-state index contributed by atoms with van der Waals surface area (Å²) in [6.45, 7) is 6.09. The van der Waals surface area contributed by atoms with Gasteiger partial charge < -0.3 is 19.5 Å². The fourth-order valence-electron chi connectivity index (χ4n) is 4.22. The summed E-state index contributed by atoms with van der Waals surface area (Å²) in [4.78, 5) is 13.9. The summed E-state index contributed by atoms with van der Waals surface area (Å²) in [5, 5.41) is 21.4. The monoisotopic (exact) mass is 417 g/mol. The molecule has 4 atom stereocenters. The van der Waals surface area contributed by atoms with Gasteiger partial charge in [-0.25, -0.2) is 4.79 Å². The van der Waals surface area contributed by atoms with Gasteiger partial charge in [0.25, 0.3) is 0 Å². The molecule has 0 bridgehead atoms. The molecule has 0 radical (unpaired) electrons. The first kappa shape index (κ1) is 20.1. The number of fused-ring (bicyclic) bond motifs is 1. The third-order valence-electron chi connectivity index (χ3n) is 5.84. The third-order valence-corrected chi connectivity index (χ3v) is 7.13. The highest BCUT2D eigenvalue weighted by molar-refractivity contribution is 7.15. The molecule has 1 saturated heterocycles. The van der Waals surface area contributed by atoms with Crippen LogP contribution in [0.25, 0.3) is 0 Å². The van der Waals surface area contributed by atoms with Crippen molar-refractivity contribution < 1.29 is 19.4 Å². The molecule has 8 heteroatoms. The number of aliphatic hydroxyl groups excluding tert-OH is 1. The van der Waals surface area contributed by atoms with E-state index in [1.807, 2.05) is 0 Å². The maximum absolute atomic E-state index is 11.6. The molecule has 4 rings (SSSR count). The number of aromatic nitrogens is 2. The summed E-state index contributed by atoms with van der Waals surface area (Å²) in [6, 6.07) is 6.86. The SMILES string of the molecule is COC(=O)c1ccc(O[C@@H]2C[C@@H]3CN(c4nnc(C(C)C)s4)C[C@@H]3C[C@H]2O)cc1. The molecule has 2 aromatic rings. The van der Waals surface area contributed by atoms with E-state index < -0.39 is 6.10 Å². The first-order chi connectivity index (χ1) is 13.9. The number of hydrogen-bond acceptors (Lipinski definition) is 8. The van der Waals surface area contributed by atoms with Crippen molar-refractivity contribution >= 4 is 22.4 Å². The maximum Gasteiger partial charge on any atom is 0.337 e. The van der Waals surface area contributed by atoms with Crippen LogP contribution in [0.3, 0.4) is 0 Å². The summed E-state index contributed by atoms with van der Waals surface area (Å²) in [5.41, 5.74) is 0.480. The van der Waals surface area contributed by atoms with E-state index in [1.54, 1.807) is 35.6 Å². The van der Waals surface area contributed by atoms with Crippen LogP contribution in [0.5, 0.6) is 5.75 Å². The lowest BCUT2D eigenvalue weighted by Gasteiger charge is -2.35. The summed E-state index contributed by atoms with van der Waals surface area (Å²) in [6.07, 6.45) is 0.775. The Kier molecular flexibility index (Phi) is 5.74. The lowest BCUT2D eigenvalue weighted by atomic mass is 9.78. The molecule has 1 aliphatic heterocycles. The van der Waals surface area contributed by atoms with Gasteiger partial charge in [0, 0.05) is 19.0 Å². The van der Waals surface area contributed by atoms with Crippen LogP contribution in [0.1, 0.15) is 48.0 Å². The molecular formula is C21H27N3O4S. The minimum atomic E-state index is -0.503. The van der Waals surface area contributed by atoms with E-state index in [-0.39, 0.29) is 12.1 Å². The van der Waals surface area contributed by atoms with Crippen molar-refractivity contribution in [3.63, 3.8) is 0 Å². The molecule has 0 spiro atoms. The highest BCUT2D eigenvalue weighted by Crippen LogP contribution is 2.40. The molecule has 156 valence electrons. The average molecular weight is 418 g/mol. The molecular weight excluding hydrogens is 390 g/mol. The van der Waals surface area contributed by atoms with Crippen LogP contribution in [-0.2, 0) is 4.74 Å². The predicted molar refractivity (Wildman–Crippen MR) is 111 cm³/mol. The van der Waals surface area contributed by atoms with Crippen molar-refractivity contribution in [2.24, 2.45) is 11.8 Å². The Morgan fingerprint density at radius 1 is 1.17 bits per heavy atom. The standard InChI is InChI=1S/C21H27N3O4S/c1-12(2)19-22-23-21(29-19)24-10-14-8-17(25)18(9-15(14)11-24)28-16-6-4-13(5-7-16)20(26)27-3/h4-7,12,14-15,17-18,25H,8-11H2,1-3H3/t14-,15+,17+,18+/m0/s1. The van der Waals surface area contributed by atoms with Crippen LogP contribution < -0.4 is 9.64 Å². The van der Waals surface area contributed by atoms with Crippen molar-refractivity contribution in [2.75, 3.05) is 25.1 Å². The van der Waals surface area contributed by atoms with E-state index in [1.165, 1.54) is 7.11 Å². The maximum atomic E-state index is 11.6. The number of benzene rings is 1. The van der Waals surface area contributed by atoms with Gasteiger partial charge in [-0.1, -0.05) is 25.2 Å². The minimum Gasteiger partial charge on any atom is -0.488 e. The summed E-state index contributed by atoms with van der Waals surface area (Å²) in [5.74, 6) is 1.57. The number of carbonyl (C=O) groups is 1. The quantitative estimate of drug-likeness (QED) is 0.748. The first-order valence-electron chi connectivity index (χ1n) is 10.1. The Morgan fingerprint density at radius 2 is 1.86 bits per heavy atom. The van der Waals surface area contributed by atoms with Crippen molar-refractivity contribution in [3.05, 3.63) is 34.8 Å². The number of ether oxygens (including phenoxy) is 2. The molecule has 1 saturated carbocycles. The van der Waals surface area contributed by atoms with Crippen LogP contribution in [0.4, 0.5) is 5.13 Å². The summed E-state index contributed by atoms with van der Waals surface area (Å²) in [7, 11) is 1.36. The molecule has 2 heterocycles. The Balaban J connectivity index is 1.39. The molecule has 0 unspecified atom stereocenters. The topological polar surface area (TPSA) is 84.8 Å². The van der Waals surface area contributed by atoms with Crippen molar-refractivity contribution in [2.45, 2.75) is 44.8 Å². The number of rotatable bonds is 5. The number of methoxy groups -OCH3 is 1. The zero-order valence-electron chi connectivity index (χ0n) is 16.9. The van der Waals surface area contributed by atoms with Crippen molar-refractivity contribution in [3.8, 4) is 5.75 Å². The summed E-state index contributed by atoms with van der Waals surface area (Å²) < 4.78 is 10.8. The van der Waals surface area contributed by atoms with Crippen LogP contribution in [0, 0.1) is 11.8 Å². The molecule has 1 aliphatic carbocycles. The van der Waals surface area contributed by atoms with Gasteiger partial charge in [0.05, 0.1) is 18.8 Å². The number of esters is 1. The molecule has 1 N–H and O–H groups in total. The van der Waals surface area contributed by atoms with E-state index in [9.17, 15) is 9.90 Å².